The van der Waals surface area contributed by atoms with E-state index in [2.05, 4.69) is 15.5 Å². The molecule has 2 aromatic carbocycles. The molecule has 34 heavy (non-hydrogen) atoms. The van der Waals surface area contributed by atoms with Crippen LogP contribution < -0.4 is 15.5 Å². The summed E-state index contributed by atoms with van der Waals surface area (Å²) in [7, 11) is 0. The molecular formula is C23H20N6O5. The van der Waals surface area contributed by atoms with Crippen LogP contribution in [-0.2, 0) is 6.54 Å². The summed E-state index contributed by atoms with van der Waals surface area (Å²) in [5.74, 6) is -0.217. The Morgan fingerprint density at radius 3 is 2.74 bits per heavy atom. The highest BCUT2D eigenvalue weighted by molar-refractivity contribution is 6.02. The summed E-state index contributed by atoms with van der Waals surface area (Å²) in [5.41, 5.74) is -0.297. The normalized spacial score (nSPS) is 10.6. The van der Waals surface area contributed by atoms with Crippen LogP contribution in [0.25, 0.3) is 5.69 Å². The van der Waals surface area contributed by atoms with Gasteiger partial charge in [-0.2, -0.15) is 10.2 Å². The highest BCUT2D eigenvalue weighted by atomic mass is 16.6. The maximum absolute atomic E-state index is 12.9. The van der Waals surface area contributed by atoms with E-state index in [9.17, 15) is 19.7 Å². The van der Waals surface area contributed by atoms with Crippen molar-refractivity contribution in [1.82, 2.24) is 19.6 Å². The number of hydrogen-bond donors (Lipinski definition) is 1. The van der Waals surface area contributed by atoms with Crippen LogP contribution in [0.3, 0.4) is 0 Å². The predicted molar refractivity (Wildman–Crippen MR) is 123 cm³/mol. The predicted octanol–water partition coefficient (Wildman–Crippen LogP) is 2.98. The Labute approximate surface area is 193 Å². The van der Waals surface area contributed by atoms with Gasteiger partial charge >= 0.3 is 0 Å². The van der Waals surface area contributed by atoms with Gasteiger partial charge in [0.2, 0.25) is 5.43 Å². The number of rotatable bonds is 8. The summed E-state index contributed by atoms with van der Waals surface area (Å²) in [6.07, 6.45) is 3.50. The Bertz CT molecular complexity index is 1400. The van der Waals surface area contributed by atoms with Gasteiger partial charge in [-0.05, 0) is 31.2 Å². The third-order valence-corrected chi connectivity index (χ3v) is 4.87. The summed E-state index contributed by atoms with van der Waals surface area (Å²) in [4.78, 5) is 36.2. The third-order valence-electron chi connectivity index (χ3n) is 4.87. The number of ether oxygens (including phenoxy) is 1. The van der Waals surface area contributed by atoms with Crippen molar-refractivity contribution in [2.24, 2.45) is 0 Å². The molecule has 0 radical (unpaired) electrons. The molecule has 172 valence electrons. The minimum absolute atomic E-state index is 0.145. The number of nitrogens with zero attached hydrogens (tertiary/aromatic N) is 5. The number of nitro benzene ring substituents is 1. The number of carbonyl (C=O) groups excluding carboxylic acids is 1. The fourth-order valence-corrected chi connectivity index (χ4v) is 3.29. The largest absolute Gasteiger partial charge is 0.492 e. The van der Waals surface area contributed by atoms with Gasteiger partial charge in [0, 0.05) is 42.0 Å². The van der Waals surface area contributed by atoms with Crippen LogP contribution in [0.2, 0.25) is 0 Å². The van der Waals surface area contributed by atoms with Crippen molar-refractivity contribution in [2.45, 2.75) is 13.5 Å². The molecule has 0 aliphatic heterocycles. The number of anilines is 1. The number of nitro groups is 1. The lowest BCUT2D eigenvalue weighted by Gasteiger charge is -2.12. The minimum atomic E-state index is -0.744. The van der Waals surface area contributed by atoms with Crippen molar-refractivity contribution in [3.8, 4) is 11.4 Å². The molecular weight excluding hydrogens is 440 g/mol. The summed E-state index contributed by atoms with van der Waals surface area (Å²) in [5, 5.41) is 22.3. The van der Waals surface area contributed by atoms with Gasteiger partial charge in [-0.1, -0.05) is 18.2 Å². The molecule has 0 fully saturated rings. The zero-order chi connectivity index (χ0) is 24.1. The SMILES string of the molecule is Cc1cc(=O)c(C(=O)Nc2cccc(OCCn3cccn3)c2)nn1-c1ccccc1[N+](=O)[O-]. The average molecular weight is 460 g/mol. The van der Waals surface area contributed by atoms with Gasteiger partial charge in [0.05, 0.1) is 11.5 Å². The standard InChI is InChI=1S/C23H20N6O5/c1-16-14-21(30)22(26-28(16)19-8-2-3-9-20(19)29(32)33)23(31)25-17-6-4-7-18(15-17)34-13-12-27-11-5-10-24-27/h2-11,14-15H,12-13H2,1H3,(H,25,31). The molecule has 0 aliphatic carbocycles. The Morgan fingerprint density at radius 2 is 1.97 bits per heavy atom. The van der Waals surface area contributed by atoms with Crippen LogP contribution in [0, 0.1) is 17.0 Å². The van der Waals surface area contributed by atoms with Crippen LogP contribution in [0.1, 0.15) is 16.2 Å². The van der Waals surface area contributed by atoms with Gasteiger partial charge in [-0.25, -0.2) is 4.68 Å². The molecule has 1 N–H and O–H groups in total. The van der Waals surface area contributed by atoms with E-state index in [1.807, 2.05) is 12.3 Å². The Morgan fingerprint density at radius 1 is 1.15 bits per heavy atom. The van der Waals surface area contributed by atoms with Crippen molar-refractivity contribution in [3.05, 3.63) is 105 Å². The van der Waals surface area contributed by atoms with Gasteiger partial charge in [0.1, 0.15) is 18.0 Å². The first-order valence-corrected chi connectivity index (χ1v) is 10.3. The average Bonchev–Trinajstić information content (AvgIpc) is 3.33. The van der Waals surface area contributed by atoms with E-state index in [4.69, 9.17) is 4.74 Å². The molecule has 0 bridgehead atoms. The molecule has 4 rings (SSSR count). The molecule has 2 aromatic heterocycles. The van der Waals surface area contributed by atoms with Gasteiger partial charge in [-0.15, -0.1) is 0 Å². The molecule has 0 aliphatic rings. The van der Waals surface area contributed by atoms with E-state index < -0.39 is 22.0 Å². The van der Waals surface area contributed by atoms with Crippen LogP contribution in [0.5, 0.6) is 5.75 Å². The van der Waals surface area contributed by atoms with E-state index in [0.29, 0.717) is 30.3 Å². The number of para-hydroxylation sites is 2. The molecule has 0 atom stereocenters. The van der Waals surface area contributed by atoms with Crippen LogP contribution >= 0.6 is 0 Å². The lowest BCUT2D eigenvalue weighted by atomic mass is 10.2. The van der Waals surface area contributed by atoms with Crippen molar-refractivity contribution < 1.29 is 14.5 Å². The van der Waals surface area contributed by atoms with E-state index >= 15 is 0 Å². The fraction of sp³-hybridized carbons (Fsp3) is 0.130. The summed E-state index contributed by atoms with van der Waals surface area (Å²) in [6.45, 7) is 2.51. The van der Waals surface area contributed by atoms with Crippen molar-refractivity contribution in [2.75, 3.05) is 11.9 Å². The zero-order valence-corrected chi connectivity index (χ0v) is 18.1. The number of hydrogen-bond acceptors (Lipinski definition) is 7. The zero-order valence-electron chi connectivity index (χ0n) is 18.1. The molecule has 1 amide bonds. The lowest BCUT2D eigenvalue weighted by Crippen LogP contribution is -2.27. The van der Waals surface area contributed by atoms with E-state index in [-0.39, 0.29) is 11.4 Å². The molecule has 0 saturated carbocycles. The lowest BCUT2D eigenvalue weighted by molar-refractivity contribution is -0.384. The highest BCUT2D eigenvalue weighted by Gasteiger charge is 2.20. The first kappa shape index (κ1) is 22.4. The molecule has 2 heterocycles. The molecule has 0 unspecified atom stereocenters. The summed E-state index contributed by atoms with van der Waals surface area (Å²) < 4.78 is 8.65. The minimum Gasteiger partial charge on any atom is -0.492 e. The van der Waals surface area contributed by atoms with Crippen LogP contribution in [0.4, 0.5) is 11.4 Å². The molecule has 11 heteroatoms. The maximum atomic E-state index is 12.9. The summed E-state index contributed by atoms with van der Waals surface area (Å²) in [6, 6.07) is 15.7. The smallest absolute Gasteiger partial charge is 0.294 e. The molecule has 0 saturated heterocycles. The highest BCUT2D eigenvalue weighted by Crippen LogP contribution is 2.22. The number of benzene rings is 2. The number of aromatic nitrogens is 4. The second-order valence-electron chi connectivity index (χ2n) is 7.26. The van der Waals surface area contributed by atoms with Gasteiger partial charge in [-0.3, -0.25) is 24.4 Å². The monoisotopic (exact) mass is 460 g/mol. The third kappa shape index (κ3) is 4.99. The number of carbonyl (C=O) groups is 1. The summed E-state index contributed by atoms with van der Waals surface area (Å²) >= 11 is 0. The van der Waals surface area contributed by atoms with E-state index in [1.165, 1.54) is 28.9 Å². The topological polar surface area (TPSA) is 134 Å². The first-order chi connectivity index (χ1) is 16.4. The van der Waals surface area contributed by atoms with Gasteiger partial charge in [0.25, 0.3) is 11.6 Å². The van der Waals surface area contributed by atoms with Crippen molar-refractivity contribution >= 4 is 17.3 Å². The number of nitrogens with one attached hydrogen (secondary N) is 1. The number of amides is 1. The van der Waals surface area contributed by atoms with Gasteiger partial charge in [0.15, 0.2) is 5.69 Å². The van der Waals surface area contributed by atoms with Crippen LogP contribution in [0.15, 0.2) is 77.9 Å². The maximum Gasteiger partial charge on any atom is 0.294 e. The van der Waals surface area contributed by atoms with E-state index in [1.54, 1.807) is 48.1 Å². The first-order valence-electron chi connectivity index (χ1n) is 10.3. The Balaban J connectivity index is 1.54. The van der Waals surface area contributed by atoms with Gasteiger partial charge < -0.3 is 10.1 Å². The molecule has 0 spiro atoms. The van der Waals surface area contributed by atoms with Crippen LogP contribution in [-0.4, -0.2) is 37.0 Å². The Kier molecular flexibility index (Phi) is 6.44. The molecule has 4 aromatic rings. The second kappa shape index (κ2) is 9.77. The quantitative estimate of drug-likeness (QED) is 0.315. The fourth-order valence-electron chi connectivity index (χ4n) is 3.29. The van der Waals surface area contributed by atoms with Crippen molar-refractivity contribution in [1.29, 1.82) is 0 Å². The number of aryl methyl sites for hydroxylation is 1. The molecule has 11 nitrogen and oxygen atoms in total. The van der Waals surface area contributed by atoms with Crippen molar-refractivity contribution in [3.63, 3.8) is 0 Å². The second-order valence-corrected chi connectivity index (χ2v) is 7.26. The van der Waals surface area contributed by atoms with E-state index in [0.717, 1.165) is 0 Å². The Hall–Kier alpha value is -4.80.